The molecule has 2 saturated carbocycles. The Labute approximate surface area is 182 Å². The number of para-hydroxylation sites is 2. The van der Waals surface area contributed by atoms with Crippen molar-refractivity contribution in [2.45, 2.75) is 17.2 Å². The van der Waals surface area contributed by atoms with Crippen molar-refractivity contribution in [1.29, 1.82) is 0 Å². The van der Waals surface area contributed by atoms with Crippen LogP contribution in [0, 0.1) is 23.7 Å². The smallest absolute Gasteiger partial charge is 0.326 e. The number of nitrogens with zero attached hydrogens (tertiary/aromatic N) is 1. The van der Waals surface area contributed by atoms with Crippen molar-refractivity contribution in [3.8, 4) is 5.75 Å². The average Bonchev–Trinajstić information content (AvgIpc) is 3.33. The third kappa shape index (κ3) is 3.41. The molecule has 8 nitrogen and oxygen atoms in total. The second-order valence-corrected chi connectivity index (χ2v) is 8.68. The van der Waals surface area contributed by atoms with E-state index in [9.17, 15) is 19.2 Å². The Kier molecular flexibility index (Phi) is 5.63. The number of fused-ring (bicyclic) bond motifs is 5. The molecule has 3 amide bonds. The number of amides is 3. The molecule has 1 heterocycles. The highest BCUT2D eigenvalue weighted by atomic mass is 35.5. The first-order valence-corrected chi connectivity index (χ1v) is 10.4. The van der Waals surface area contributed by atoms with Gasteiger partial charge in [-0.25, -0.2) is 0 Å². The fourth-order valence-corrected chi connectivity index (χ4v) is 5.71. The third-order valence-electron chi connectivity index (χ3n) is 6.11. The van der Waals surface area contributed by atoms with Gasteiger partial charge >= 0.3 is 5.97 Å². The number of imide groups is 1. The normalized spacial score (nSPS) is 31.6. The van der Waals surface area contributed by atoms with Crippen molar-refractivity contribution < 1.29 is 28.7 Å². The molecule has 2 aliphatic carbocycles. The third-order valence-corrected chi connectivity index (χ3v) is 7.43. The summed E-state index contributed by atoms with van der Waals surface area (Å²) in [6, 6.07) is 6.78. The van der Waals surface area contributed by atoms with E-state index in [0.717, 1.165) is 4.90 Å². The summed E-state index contributed by atoms with van der Waals surface area (Å²) in [7, 11) is 1.47. The molecule has 2 bridgehead atoms. The lowest BCUT2D eigenvalue weighted by molar-refractivity contribution is -0.154. The van der Waals surface area contributed by atoms with Crippen LogP contribution in [0.15, 0.2) is 24.3 Å². The van der Waals surface area contributed by atoms with Gasteiger partial charge in [0.15, 0.2) is 6.61 Å². The van der Waals surface area contributed by atoms with E-state index >= 15 is 0 Å². The summed E-state index contributed by atoms with van der Waals surface area (Å²) in [6.07, 6.45) is 0.649. The fourth-order valence-electron chi connectivity index (χ4n) is 4.82. The highest BCUT2D eigenvalue weighted by Gasteiger charge is 2.66. The lowest BCUT2D eigenvalue weighted by Gasteiger charge is -2.28. The van der Waals surface area contributed by atoms with E-state index in [1.54, 1.807) is 24.3 Å². The summed E-state index contributed by atoms with van der Waals surface area (Å²) in [4.78, 5) is 50.6. The lowest BCUT2D eigenvalue weighted by Crippen LogP contribution is -2.38. The number of hydrogen-bond donors (Lipinski definition) is 1. The molecule has 4 rings (SSSR count). The van der Waals surface area contributed by atoms with E-state index in [4.69, 9.17) is 32.7 Å². The first-order valence-electron chi connectivity index (χ1n) is 9.55. The number of nitrogens with one attached hydrogen (secondary N) is 1. The zero-order valence-corrected chi connectivity index (χ0v) is 17.6. The maximum Gasteiger partial charge on any atom is 0.326 e. The number of ether oxygens (including phenoxy) is 2. The molecule has 10 heteroatoms. The Morgan fingerprint density at radius 2 is 1.70 bits per heavy atom. The van der Waals surface area contributed by atoms with Gasteiger partial charge in [-0.05, 0) is 30.4 Å². The summed E-state index contributed by atoms with van der Waals surface area (Å²) >= 11 is 12.6. The molecule has 3 fully saturated rings. The van der Waals surface area contributed by atoms with E-state index in [2.05, 4.69) is 5.32 Å². The number of hydrogen-bond acceptors (Lipinski definition) is 6. The maximum atomic E-state index is 12.7. The number of likely N-dealkylation sites (tertiary alicyclic amines) is 1. The first kappa shape index (κ1) is 20.9. The van der Waals surface area contributed by atoms with E-state index in [0.29, 0.717) is 17.9 Å². The SMILES string of the molecule is COc1ccccc1NC(=O)COC(=O)CN1C(=O)[C@@H]2[C@H]3C[C@@H]([C@@H](Cl)[C@H]3Cl)[C@H]2C1=O. The van der Waals surface area contributed by atoms with E-state index in [-0.39, 0.29) is 22.6 Å². The van der Waals surface area contributed by atoms with Crippen LogP contribution >= 0.6 is 23.2 Å². The Hall–Kier alpha value is -2.32. The van der Waals surface area contributed by atoms with E-state index in [1.165, 1.54) is 7.11 Å². The molecule has 1 saturated heterocycles. The Balaban J connectivity index is 1.32. The van der Waals surface area contributed by atoms with Crippen molar-refractivity contribution in [2.75, 3.05) is 25.6 Å². The zero-order valence-electron chi connectivity index (χ0n) is 16.0. The minimum absolute atomic E-state index is 0.159. The number of esters is 1. The molecular formula is C20H20Cl2N2O6. The van der Waals surface area contributed by atoms with Gasteiger partial charge in [-0.2, -0.15) is 0 Å². The maximum absolute atomic E-state index is 12.7. The predicted molar refractivity (Wildman–Crippen MR) is 107 cm³/mol. The van der Waals surface area contributed by atoms with Crippen LogP contribution in [0.4, 0.5) is 5.69 Å². The molecule has 1 aromatic carbocycles. The molecule has 0 spiro atoms. The molecule has 1 N–H and O–H groups in total. The largest absolute Gasteiger partial charge is 0.495 e. The van der Waals surface area contributed by atoms with Crippen LogP contribution in [0.5, 0.6) is 5.75 Å². The van der Waals surface area contributed by atoms with Crippen molar-refractivity contribution in [3.05, 3.63) is 24.3 Å². The molecular weight excluding hydrogens is 435 g/mol. The van der Waals surface area contributed by atoms with Gasteiger partial charge in [-0.1, -0.05) is 12.1 Å². The number of methoxy groups -OCH3 is 1. The van der Waals surface area contributed by atoms with Crippen molar-refractivity contribution >= 4 is 52.6 Å². The zero-order chi connectivity index (χ0) is 21.6. The molecule has 1 aliphatic heterocycles. The van der Waals surface area contributed by atoms with Gasteiger partial charge in [0, 0.05) is 0 Å². The molecule has 0 aromatic heterocycles. The number of alkyl halides is 2. The monoisotopic (exact) mass is 454 g/mol. The average molecular weight is 455 g/mol. The topological polar surface area (TPSA) is 102 Å². The van der Waals surface area contributed by atoms with Gasteiger partial charge < -0.3 is 14.8 Å². The number of benzene rings is 1. The first-order chi connectivity index (χ1) is 14.3. The highest BCUT2D eigenvalue weighted by molar-refractivity contribution is 6.31. The molecule has 30 heavy (non-hydrogen) atoms. The molecule has 0 radical (unpaired) electrons. The highest BCUT2D eigenvalue weighted by Crippen LogP contribution is 2.59. The fraction of sp³-hybridized carbons (Fsp3) is 0.500. The summed E-state index contributed by atoms with van der Waals surface area (Å²) in [6.45, 7) is -1.09. The van der Waals surface area contributed by atoms with Crippen LogP contribution in [0.25, 0.3) is 0 Å². The minimum atomic E-state index is -0.843. The van der Waals surface area contributed by atoms with Crippen LogP contribution in [-0.4, -0.2) is 59.6 Å². The Bertz CT molecular complexity index is 877. The number of halogens is 2. The van der Waals surface area contributed by atoms with Gasteiger partial charge in [0.05, 0.1) is 35.4 Å². The van der Waals surface area contributed by atoms with Gasteiger partial charge in [0.25, 0.3) is 5.91 Å². The standard InChI is InChI=1S/C20H20Cl2N2O6/c1-29-12-5-3-2-4-11(12)23-13(25)8-30-14(26)7-24-19(27)15-9-6-10(16(15)20(24)28)18(22)17(9)21/h2-5,9-10,15-18H,6-8H2,1H3,(H,23,25)/t9-,10-,15-,16-,17-,18+/m1/s1. The minimum Gasteiger partial charge on any atom is -0.495 e. The number of carbonyl (C=O) groups is 4. The Morgan fingerprint density at radius 1 is 1.10 bits per heavy atom. The van der Waals surface area contributed by atoms with Crippen LogP contribution in [0.1, 0.15) is 6.42 Å². The molecule has 1 aromatic rings. The number of rotatable bonds is 6. The summed E-state index contributed by atoms with van der Waals surface area (Å²) in [5.74, 6) is -3.16. The van der Waals surface area contributed by atoms with Crippen molar-refractivity contribution in [3.63, 3.8) is 0 Å². The van der Waals surface area contributed by atoms with Crippen molar-refractivity contribution in [1.82, 2.24) is 4.90 Å². The number of carbonyl (C=O) groups excluding carboxylic acids is 4. The van der Waals surface area contributed by atoms with Crippen molar-refractivity contribution in [2.24, 2.45) is 23.7 Å². The molecule has 160 valence electrons. The van der Waals surface area contributed by atoms with Gasteiger partial charge in [0.1, 0.15) is 12.3 Å². The summed E-state index contributed by atoms with van der Waals surface area (Å²) in [5.41, 5.74) is 0.431. The van der Waals surface area contributed by atoms with Crippen LogP contribution < -0.4 is 10.1 Å². The molecule has 0 unspecified atom stereocenters. The molecule has 6 atom stereocenters. The lowest BCUT2D eigenvalue weighted by atomic mass is 9.80. The second-order valence-electron chi connectivity index (χ2n) is 7.68. The molecule has 3 aliphatic rings. The van der Waals surface area contributed by atoms with Gasteiger partial charge in [-0.15, -0.1) is 23.2 Å². The van der Waals surface area contributed by atoms with Crippen LogP contribution in [-0.2, 0) is 23.9 Å². The van der Waals surface area contributed by atoms with Gasteiger partial charge in [-0.3, -0.25) is 24.1 Å². The Morgan fingerprint density at radius 3 is 2.30 bits per heavy atom. The second kappa shape index (κ2) is 8.07. The van der Waals surface area contributed by atoms with E-state index in [1.807, 2.05) is 0 Å². The summed E-state index contributed by atoms with van der Waals surface area (Å²) in [5, 5.41) is 1.85. The van der Waals surface area contributed by atoms with Gasteiger partial charge in [0.2, 0.25) is 11.8 Å². The quantitative estimate of drug-likeness (QED) is 0.398. The van der Waals surface area contributed by atoms with Crippen LogP contribution in [0.3, 0.4) is 0 Å². The predicted octanol–water partition coefficient (Wildman–Crippen LogP) is 1.64. The van der Waals surface area contributed by atoms with Crippen LogP contribution in [0.2, 0.25) is 0 Å². The number of anilines is 1. The summed E-state index contributed by atoms with van der Waals surface area (Å²) < 4.78 is 10.1. The van der Waals surface area contributed by atoms with E-state index < -0.39 is 48.7 Å².